The third-order valence-electron chi connectivity index (χ3n) is 2.88. The van der Waals surface area contributed by atoms with E-state index < -0.39 is 16.1 Å². The van der Waals surface area contributed by atoms with Gasteiger partial charge in [-0.3, -0.25) is 4.79 Å². The second-order valence-corrected chi connectivity index (χ2v) is 7.20. The fraction of sp³-hybridized carbons (Fsp3) is 0.545. The fourth-order valence-corrected chi connectivity index (χ4v) is 4.18. The van der Waals surface area contributed by atoms with Crippen molar-refractivity contribution in [3.8, 4) is 0 Å². The molecule has 1 aromatic heterocycles. The van der Waals surface area contributed by atoms with Crippen LogP contribution < -0.4 is 4.72 Å². The van der Waals surface area contributed by atoms with Gasteiger partial charge >= 0.3 is 0 Å². The minimum atomic E-state index is -3.57. The van der Waals surface area contributed by atoms with Crippen LogP contribution in [0.4, 0.5) is 0 Å². The number of thiophene rings is 1. The van der Waals surface area contributed by atoms with E-state index in [-0.39, 0.29) is 10.1 Å². The Labute approximate surface area is 111 Å². The van der Waals surface area contributed by atoms with Crippen molar-refractivity contribution in [2.75, 3.05) is 13.1 Å². The van der Waals surface area contributed by atoms with Gasteiger partial charge in [0.1, 0.15) is 4.21 Å². The van der Waals surface area contributed by atoms with Crippen LogP contribution in [0.2, 0.25) is 0 Å². The van der Waals surface area contributed by atoms with E-state index in [1.54, 1.807) is 23.3 Å². The molecule has 0 aromatic carbocycles. The standard InChI is InChI=1S/C11H16N2O3S2/c1-9(11(14)13-6-2-3-7-13)12-18(15,16)10-5-4-8-17-10/h4-5,8-9,12H,2-3,6-7H2,1H3/t9-/m1/s1. The number of hydrogen-bond donors (Lipinski definition) is 1. The molecular formula is C11H16N2O3S2. The molecule has 1 aliphatic rings. The summed E-state index contributed by atoms with van der Waals surface area (Å²) in [5.74, 6) is -0.146. The Morgan fingerprint density at radius 1 is 1.44 bits per heavy atom. The molecule has 1 N–H and O–H groups in total. The van der Waals surface area contributed by atoms with Crippen LogP contribution in [0.25, 0.3) is 0 Å². The Kier molecular flexibility index (Phi) is 4.04. The molecule has 1 amide bonds. The van der Waals surface area contributed by atoms with E-state index in [4.69, 9.17) is 0 Å². The molecule has 1 saturated heterocycles. The molecular weight excluding hydrogens is 272 g/mol. The van der Waals surface area contributed by atoms with Gasteiger partial charge in [0.2, 0.25) is 5.91 Å². The van der Waals surface area contributed by atoms with E-state index in [0.29, 0.717) is 0 Å². The molecule has 2 rings (SSSR count). The highest BCUT2D eigenvalue weighted by Crippen LogP contribution is 2.16. The predicted molar refractivity (Wildman–Crippen MR) is 69.9 cm³/mol. The normalized spacial score (nSPS) is 17.9. The van der Waals surface area contributed by atoms with Crippen LogP contribution in [0.15, 0.2) is 21.7 Å². The van der Waals surface area contributed by atoms with Gasteiger partial charge in [-0.25, -0.2) is 8.42 Å². The Balaban J connectivity index is 2.02. The number of hydrogen-bond acceptors (Lipinski definition) is 4. The Morgan fingerprint density at radius 3 is 2.67 bits per heavy atom. The van der Waals surface area contributed by atoms with E-state index in [1.165, 1.54) is 6.07 Å². The van der Waals surface area contributed by atoms with Gasteiger partial charge < -0.3 is 4.90 Å². The van der Waals surface area contributed by atoms with Gasteiger partial charge in [-0.1, -0.05) is 6.07 Å². The maximum absolute atomic E-state index is 12.0. The topological polar surface area (TPSA) is 66.5 Å². The molecule has 0 bridgehead atoms. The molecule has 2 heterocycles. The summed E-state index contributed by atoms with van der Waals surface area (Å²) in [5.41, 5.74) is 0. The highest BCUT2D eigenvalue weighted by atomic mass is 32.2. The van der Waals surface area contributed by atoms with Gasteiger partial charge in [-0.05, 0) is 31.2 Å². The minimum Gasteiger partial charge on any atom is -0.341 e. The number of carbonyl (C=O) groups is 1. The molecule has 5 nitrogen and oxygen atoms in total. The first kappa shape index (κ1) is 13.5. The van der Waals surface area contributed by atoms with E-state index in [0.717, 1.165) is 37.3 Å². The third-order valence-corrected chi connectivity index (χ3v) is 5.82. The van der Waals surface area contributed by atoms with Crippen LogP contribution >= 0.6 is 11.3 Å². The van der Waals surface area contributed by atoms with Crippen LogP contribution in [0.3, 0.4) is 0 Å². The third kappa shape index (κ3) is 2.90. The fourth-order valence-electron chi connectivity index (χ4n) is 1.97. The molecule has 0 spiro atoms. The molecule has 0 aliphatic carbocycles. The van der Waals surface area contributed by atoms with Gasteiger partial charge in [0.15, 0.2) is 0 Å². The van der Waals surface area contributed by atoms with E-state index >= 15 is 0 Å². The van der Waals surface area contributed by atoms with Crippen molar-refractivity contribution in [2.24, 2.45) is 0 Å². The van der Waals surface area contributed by atoms with Crippen LogP contribution in [-0.2, 0) is 14.8 Å². The van der Waals surface area contributed by atoms with Gasteiger partial charge in [0.05, 0.1) is 6.04 Å². The number of amides is 1. The molecule has 1 aromatic rings. The minimum absolute atomic E-state index is 0.146. The summed E-state index contributed by atoms with van der Waals surface area (Å²) in [6, 6.07) is 2.49. The van der Waals surface area contributed by atoms with E-state index in [2.05, 4.69) is 4.72 Å². The molecule has 100 valence electrons. The summed E-state index contributed by atoms with van der Waals surface area (Å²) in [5, 5.41) is 1.70. The molecule has 0 unspecified atom stereocenters. The lowest BCUT2D eigenvalue weighted by atomic mass is 10.3. The molecule has 1 atom stereocenters. The summed E-state index contributed by atoms with van der Waals surface area (Å²) < 4.78 is 26.6. The zero-order valence-electron chi connectivity index (χ0n) is 10.1. The van der Waals surface area contributed by atoms with Crippen molar-refractivity contribution in [3.05, 3.63) is 17.5 Å². The molecule has 0 saturated carbocycles. The van der Waals surface area contributed by atoms with Crippen molar-refractivity contribution in [1.82, 2.24) is 9.62 Å². The van der Waals surface area contributed by atoms with Gasteiger partial charge in [0, 0.05) is 13.1 Å². The number of sulfonamides is 1. The summed E-state index contributed by atoms with van der Waals surface area (Å²) in [4.78, 5) is 13.7. The Bertz CT molecular complexity index is 504. The smallest absolute Gasteiger partial charge is 0.250 e. The zero-order chi connectivity index (χ0) is 13.2. The van der Waals surface area contributed by atoms with Gasteiger partial charge in [-0.2, -0.15) is 4.72 Å². The van der Waals surface area contributed by atoms with Gasteiger partial charge in [-0.15, -0.1) is 11.3 Å². The average Bonchev–Trinajstić information content (AvgIpc) is 3.00. The first-order valence-corrected chi connectivity index (χ1v) is 8.21. The maximum atomic E-state index is 12.0. The van der Waals surface area contributed by atoms with Crippen LogP contribution in [0.5, 0.6) is 0 Å². The summed E-state index contributed by atoms with van der Waals surface area (Å²) in [6.45, 7) is 3.04. The largest absolute Gasteiger partial charge is 0.341 e. The molecule has 7 heteroatoms. The number of rotatable bonds is 4. The lowest BCUT2D eigenvalue weighted by Crippen LogP contribution is -2.45. The van der Waals surface area contributed by atoms with Crippen LogP contribution in [-0.4, -0.2) is 38.4 Å². The highest BCUT2D eigenvalue weighted by Gasteiger charge is 2.27. The van der Waals surface area contributed by atoms with Crippen LogP contribution in [0, 0.1) is 0 Å². The van der Waals surface area contributed by atoms with Crippen molar-refractivity contribution in [2.45, 2.75) is 30.0 Å². The van der Waals surface area contributed by atoms with E-state index in [1.807, 2.05) is 0 Å². The SMILES string of the molecule is C[C@@H](NS(=O)(=O)c1cccs1)C(=O)N1CCCC1. The number of nitrogens with zero attached hydrogens (tertiary/aromatic N) is 1. The molecule has 0 radical (unpaired) electrons. The van der Waals surface area contributed by atoms with Crippen molar-refractivity contribution < 1.29 is 13.2 Å². The zero-order valence-corrected chi connectivity index (χ0v) is 11.8. The van der Waals surface area contributed by atoms with Crippen molar-refractivity contribution in [1.29, 1.82) is 0 Å². The quantitative estimate of drug-likeness (QED) is 0.900. The lowest BCUT2D eigenvalue weighted by molar-refractivity contribution is -0.131. The highest BCUT2D eigenvalue weighted by molar-refractivity contribution is 7.91. The second kappa shape index (κ2) is 5.38. The van der Waals surface area contributed by atoms with Gasteiger partial charge in [0.25, 0.3) is 10.0 Å². The number of likely N-dealkylation sites (tertiary alicyclic amines) is 1. The first-order chi connectivity index (χ1) is 8.50. The number of nitrogens with one attached hydrogen (secondary N) is 1. The van der Waals surface area contributed by atoms with Crippen molar-refractivity contribution in [3.63, 3.8) is 0 Å². The second-order valence-electron chi connectivity index (χ2n) is 4.31. The molecule has 1 fully saturated rings. The number of carbonyl (C=O) groups excluding carboxylic acids is 1. The van der Waals surface area contributed by atoms with Crippen LogP contribution in [0.1, 0.15) is 19.8 Å². The summed E-state index contributed by atoms with van der Waals surface area (Å²) >= 11 is 1.14. The maximum Gasteiger partial charge on any atom is 0.250 e. The lowest BCUT2D eigenvalue weighted by Gasteiger charge is -2.20. The first-order valence-electron chi connectivity index (χ1n) is 5.85. The summed E-state index contributed by atoms with van der Waals surface area (Å²) in [6.07, 6.45) is 1.99. The molecule has 18 heavy (non-hydrogen) atoms. The van der Waals surface area contributed by atoms with Crippen molar-refractivity contribution >= 4 is 27.3 Å². The molecule has 1 aliphatic heterocycles. The monoisotopic (exact) mass is 288 g/mol. The van der Waals surface area contributed by atoms with E-state index in [9.17, 15) is 13.2 Å². The summed E-state index contributed by atoms with van der Waals surface area (Å²) in [7, 11) is -3.57. The Hall–Kier alpha value is -0.920. The average molecular weight is 288 g/mol. The Morgan fingerprint density at radius 2 is 2.11 bits per heavy atom. The predicted octanol–water partition coefficient (Wildman–Crippen LogP) is 1.04.